The number of likely N-dealkylation sites (N-methyl/N-ethyl adjacent to an activating group) is 1. The summed E-state index contributed by atoms with van der Waals surface area (Å²) in [5, 5.41) is 13.9. The first-order valence-corrected chi connectivity index (χ1v) is 33.5. The van der Waals surface area contributed by atoms with E-state index in [0.29, 0.717) is 23.9 Å². The van der Waals surface area contributed by atoms with E-state index in [2.05, 4.69) is 177 Å². The summed E-state index contributed by atoms with van der Waals surface area (Å²) in [6.45, 7) is 4.46. The highest BCUT2D eigenvalue weighted by Gasteiger charge is 2.23. The molecule has 8 nitrogen and oxygen atoms in total. The molecule has 0 rings (SSSR count). The highest BCUT2D eigenvalue weighted by atomic mass is 31.2. The summed E-state index contributed by atoms with van der Waals surface area (Å²) < 4.78 is 23.3. The maximum atomic E-state index is 13.0. The van der Waals surface area contributed by atoms with Crippen LogP contribution in [0.5, 0.6) is 0 Å². The van der Waals surface area contributed by atoms with Gasteiger partial charge in [-0.2, -0.15) is 0 Å². The van der Waals surface area contributed by atoms with Crippen LogP contribution in [0.2, 0.25) is 0 Å². The number of allylic oxidation sites excluding steroid dienone is 27. The van der Waals surface area contributed by atoms with Crippen LogP contribution in [0.25, 0.3) is 0 Å². The minimum atomic E-state index is -4.64. The molecule has 0 aromatic rings. The van der Waals surface area contributed by atoms with Crippen LogP contribution in [0.3, 0.4) is 0 Å². The second kappa shape index (κ2) is 60.5. The van der Waals surface area contributed by atoms with Gasteiger partial charge >= 0.3 is 0 Å². The van der Waals surface area contributed by atoms with Gasteiger partial charge in [0, 0.05) is 6.42 Å². The molecule has 81 heavy (non-hydrogen) atoms. The van der Waals surface area contributed by atoms with Crippen LogP contribution in [0.4, 0.5) is 0 Å². The molecule has 2 N–H and O–H groups in total. The Bertz CT molecular complexity index is 1920. The van der Waals surface area contributed by atoms with Crippen molar-refractivity contribution in [1.29, 1.82) is 0 Å². The van der Waals surface area contributed by atoms with Crippen LogP contribution >= 0.6 is 7.82 Å². The van der Waals surface area contributed by atoms with Gasteiger partial charge in [0.25, 0.3) is 7.82 Å². The Balaban J connectivity index is 4.34. The quantitative estimate of drug-likeness (QED) is 0.0272. The topological polar surface area (TPSA) is 108 Å². The second-order valence-electron chi connectivity index (χ2n) is 22.0. The first-order valence-electron chi connectivity index (χ1n) is 32.0. The molecule has 0 aliphatic heterocycles. The number of amides is 1. The van der Waals surface area contributed by atoms with E-state index in [0.717, 1.165) is 109 Å². The molecule has 3 unspecified atom stereocenters. The predicted octanol–water partition coefficient (Wildman–Crippen LogP) is 19.7. The molecule has 0 saturated heterocycles. The summed E-state index contributed by atoms with van der Waals surface area (Å²) >= 11 is 0. The SMILES string of the molecule is CC/C=C\C/C=C\C/C=C\C/C=C\C/C=C\C/C=C\C/C=C\C/C=C\C/C=C\C/C=C\C/C=C\CCCCCC(=O)NC(COP(=O)([O-])OCC[N+](C)(C)C)C(O)/C=C/CC/C=C/CC/C=C/CCCCCCCCCCCCCC. The van der Waals surface area contributed by atoms with Gasteiger partial charge < -0.3 is 28.8 Å². The molecular formula is C72H119N2O6P. The van der Waals surface area contributed by atoms with Gasteiger partial charge in [-0.05, 0) is 128 Å². The number of aliphatic hydroxyl groups excluding tert-OH is 1. The fourth-order valence-corrected chi connectivity index (χ4v) is 8.91. The summed E-state index contributed by atoms with van der Waals surface area (Å²) in [7, 11) is 1.19. The van der Waals surface area contributed by atoms with Crippen molar-refractivity contribution in [3.05, 3.63) is 170 Å². The highest BCUT2D eigenvalue weighted by molar-refractivity contribution is 7.45. The average molecular weight is 1140 g/mol. The Morgan fingerprint density at radius 1 is 0.444 bits per heavy atom. The van der Waals surface area contributed by atoms with E-state index in [4.69, 9.17) is 9.05 Å². The molecule has 0 radical (unpaired) electrons. The number of unbranched alkanes of at least 4 members (excludes halogenated alkanes) is 17. The number of hydrogen-bond donors (Lipinski definition) is 2. The summed E-state index contributed by atoms with van der Waals surface area (Å²) in [6, 6.07) is -0.942. The van der Waals surface area contributed by atoms with Gasteiger partial charge in [-0.25, -0.2) is 0 Å². The van der Waals surface area contributed by atoms with Crippen molar-refractivity contribution in [2.45, 2.75) is 238 Å². The van der Waals surface area contributed by atoms with E-state index in [9.17, 15) is 19.4 Å². The normalized spacial score (nSPS) is 14.9. The van der Waals surface area contributed by atoms with E-state index >= 15 is 0 Å². The largest absolute Gasteiger partial charge is 0.756 e. The third-order valence-corrected chi connectivity index (χ3v) is 14.1. The lowest BCUT2D eigenvalue weighted by Crippen LogP contribution is -2.45. The molecular weight excluding hydrogens is 1020 g/mol. The van der Waals surface area contributed by atoms with Gasteiger partial charge in [0.1, 0.15) is 13.2 Å². The lowest BCUT2D eigenvalue weighted by molar-refractivity contribution is -0.870. The number of rotatable bonds is 56. The molecule has 1 amide bonds. The maximum Gasteiger partial charge on any atom is 0.268 e. The summed E-state index contributed by atoms with van der Waals surface area (Å²) in [5.74, 6) is -0.250. The van der Waals surface area contributed by atoms with Crippen molar-refractivity contribution in [2.75, 3.05) is 40.9 Å². The lowest BCUT2D eigenvalue weighted by atomic mass is 10.0. The third-order valence-electron chi connectivity index (χ3n) is 13.1. The van der Waals surface area contributed by atoms with Crippen LogP contribution in [0, 0.1) is 0 Å². The monoisotopic (exact) mass is 1140 g/mol. The minimum absolute atomic E-state index is 0.0255. The molecule has 9 heteroatoms. The van der Waals surface area contributed by atoms with Gasteiger partial charge in [0.2, 0.25) is 5.91 Å². The van der Waals surface area contributed by atoms with Crippen LogP contribution in [-0.4, -0.2) is 68.5 Å². The van der Waals surface area contributed by atoms with Crippen LogP contribution < -0.4 is 10.2 Å². The molecule has 458 valence electrons. The number of aliphatic hydroxyl groups is 1. The molecule has 0 aromatic carbocycles. The van der Waals surface area contributed by atoms with E-state index in [1.807, 2.05) is 27.2 Å². The predicted molar refractivity (Wildman–Crippen MR) is 352 cm³/mol. The fraction of sp³-hybridized carbons (Fsp3) is 0.597. The Labute approximate surface area is 498 Å². The van der Waals surface area contributed by atoms with Gasteiger partial charge in [-0.15, -0.1) is 0 Å². The molecule has 0 fully saturated rings. The number of carbonyl (C=O) groups is 1. The zero-order valence-corrected chi connectivity index (χ0v) is 53.1. The minimum Gasteiger partial charge on any atom is -0.756 e. The Hall–Kier alpha value is -4.14. The number of phosphoric ester groups is 1. The van der Waals surface area contributed by atoms with Gasteiger partial charge in [0.05, 0.1) is 39.9 Å². The number of carbonyl (C=O) groups excluding carboxylic acids is 1. The number of nitrogens with one attached hydrogen (secondary N) is 1. The molecule has 0 spiro atoms. The van der Waals surface area contributed by atoms with Crippen molar-refractivity contribution in [3.63, 3.8) is 0 Å². The Kier molecular flexibility index (Phi) is 57.4. The molecule has 3 atom stereocenters. The molecule has 0 bridgehead atoms. The zero-order chi connectivity index (χ0) is 59.1. The summed E-state index contributed by atoms with van der Waals surface area (Å²) in [5.41, 5.74) is 0. The maximum absolute atomic E-state index is 13.0. The van der Waals surface area contributed by atoms with E-state index in [1.165, 1.54) is 83.5 Å². The standard InChI is InChI=1S/C72H119N2O6P/c1-6-8-10-12-14-16-18-20-22-24-26-28-30-31-32-33-34-35-36-37-38-39-40-41-42-43-44-46-48-50-52-54-56-58-60-62-64-66-72(76)73-70(69-80-81(77,78)79-68-67-74(3,4)5)71(75)65-63-61-59-57-55-53-51-49-47-45-29-27-25-23-21-19-17-15-13-11-9-7-2/h8,10,14,16,20,22,26,28,31-32,34-35,37-38,40-41,43-44,47-50,54-57,63,65,70-71,75H,6-7,9,11-13,15,17-19,21,23-25,27,29-30,33,36,39,42,45-46,51-53,58-62,64,66-69H2,1-5H3,(H-,73,76,77,78)/b10-8-,16-14-,22-20-,28-26-,32-31-,35-34-,38-37-,41-40-,44-43-,49-47+,50-48-,56-54-,57-55+,65-63+. The van der Waals surface area contributed by atoms with E-state index in [-0.39, 0.29) is 18.9 Å². The van der Waals surface area contributed by atoms with E-state index < -0.39 is 26.6 Å². The number of quaternary nitrogens is 1. The van der Waals surface area contributed by atoms with Crippen molar-refractivity contribution in [1.82, 2.24) is 5.32 Å². The number of hydrogen-bond acceptors (Lipinski definition) is 6. The highest BCUT2D eigenvalue weighted by Crippen LogP contribution is 2.38. The Morgan fingerprint density at radius 3 is 1.15 bits per heavy atom. The van der Waals surface area contributed by atoms with E-state index in [1.54, 1.807) is 6.08 Å². The van der Waals surface area contributed by atoms with Crippen molar-refractivity contribution < 1.29 is 32.9 Å². The number of phosphoric acid groups is 1. The van der Waals surface area contributed by atoms with Gasteiger partial charge in [0.15, 0.2) is 0 Å². The summed E-state index contributed by atoms with van der Waals surface area (Å²) in [4.78, 5) is 25.5. The second-order valence-corrected chi connectivity index (χ2v) is 23.4. The summed E-state index contributed by atoms with van der Waals surface area (Å²) in [6.07, 6.45) is 95.9. The van der Waals surface area contributed by atoms with Crippen LogP contribution in [-0.2, 0) is 18.4 Å². The van der Waals surface area contributed by atoms with Crippen molar-refractivity contribution >= 4 is 13.7 Å². The van der Waals surface area contributed by atoms with Crippen molar-refractivity contribution in [3.8, 4) is 0 Å². The first kappa shape index (κ1) is 76.9. The van der Waals surface area contributed by atoms with Crippen LogP contribution in [0.15, 0.2) is 170 Å². The molecule has 0 aliphatic carbocycles. The number of nitrogens with zero attached hydrogens (tertiary/aromatic N) is 1. The Morgan fingerprint density at radius 2 is 0.765 bits per heavy atom. The fourth-order valence-electron chi connectivity index (χ4n) is 8.19. The average Bonchev–Trinajstić information content (AvgIpc) is 3.43. The smallest absolute Gasteiger partial charge is 0.268 e. The molecule has 0 aromatic heterocycles. The van der Waals surface area contributed by atoms with Crippen LogP contribution in [0.1, 0.15) is 226 Å². The molecule has 0 saturated carbocycles. The first-order chi connectivity index (χ1) is 39.5. The molecule has 0 aliphatic rings. The lowest BCUT2D eigenvalue weighted by Gasteiger charge is -2.29. The third kappa shape index (κ3) is 63.3. The molecule has 0 heterocycles. The van der Waals surface area contributed by atoms with Crippen molar-refractivity contribution in [2.24, 2.45) is 0 Å². The van der Waals surface area contributed by atoms with Gasteiger partial charge in [-0.3, -0.25) is 9.36 Å². The van der Waals surface area contributed by atoms with Gasteiger partial charge in [-0.1, -0.05) is 261 Å². The zero-order valence-electron chi connectivity index (χ0n) is 52.2.